The third kappa shape index (κ3) is 4.71. The quantitative estimate of drug-likeness (QED) is 0.661. The summed E-state index contributed by atoms with van der Waals surface area (Å²) in [5.74, 6) is 0.00124. The van der Waals surface area contributed by atoms with Gasteiger partial charge in [0.2, 0.25) is 5.89 Å². The molecule has 152 valence electrons. The van der Waals surface area contributed by atoms with Crippen molar-refractivity contribution in [3.05, 3.63) is 70.6 Å². The van der Waals surface area contributed by atoms with Crippen LogP contribution in [0.15, 0.2) is 51.8 Å². The molecule has 0 aliphatic heterocycles. The van der Waals surface area contributed by atoms with E-state index in [4.69, 9.17) is 4.42 Å². The van der Waals surface area contributed by atoms with Crippen LogP contribution >= 0.6 is 0 Å². The van der Waals surface area contributed by atoms with Crippen molar-refractivity contribution in [2.75, 3.05) is 5.32 Å². The molecule has 3 aromatic rings. The second kappa shape index (κ2) is 8.16. The van der Waals surface area contributed by atoms with Gasteiger partial charge in [0.15, 0.2) is 9.84 Å². The van der Waals surface area contributed by atoms with Crippen molar-refractivity contribution in [2.24, 2.45) is 0 Å². The summed E-state index contributed by atoms with van der Waals surface area (Å²) in [7, 11) is -3.31. The van der Waals surface area contributed by atoms with Crippen molar-refractivity contribution in [3.8, 4) is 0 Å². The zero-order valence-electron chi connectivity index (χ0n) is 16.8. The molecule has 1 heterocycles. The van der Waals surface area contributed by atoms with Gasteiger partial charge in [-0.3, -0.25) is 10.1 Å². The maximum Gasteiger partial charge on any atom is 0.322 e. The number of nitrogens with zero attached hydrogens (tertiary/aromatic N) is 2. The number of amides is 1. The van der Waals surface area contributed by atoms with E-state index in [9.17, 15) is 13.2 Å². The Hall–Kier alpha value is -3.00. The van der Waals surface area contributed by atoms with E-state index in [1.54, 1.807) is 44.2 Å². The molecule has 0 aliphatic carbocycles. The second-order valence-electron chi connectivity index (χ2n) is 7.19. The van der Waals surface area contributed by atoms with Crippen molar-refractivity contribution in [2.45, 2.75) is 44.3 Å². The van der Waals surface area contributed by atoms with Crippen LogP contribution < -0.4 is 5.32 Å². The topological polar surface area (TPSA) is 102 Å². The molecular formula is C21H23N3O4S. The third-order valence-electron chi connectivity index (χ3n) is 4.54. The molecule has 0 aliphatic rings. The molecule has 0 bridgehead atoms. The number of hydrogen-bond acceptors (Lipinski definition) is 6. The fourth-order valence-electron chi connectivity index (χ4n) is 2.85. The van der Waals surface area contributed by atoms with Crippen LogP contribution in [0.1, 0.15) is 46.8 Å². The first-order valence-electron chi connectivity index (χ1n) is 9.20. The number of aryl methyl sites for hydroxylation is 2. The molecule has 0 unspecified atom stereocenters. The Morgan fingerprint density at radius 1 is 1.07 bits per heavy atom. The monoisotopic (exact) mass is 413 g/mol. The Balaban J connectivity index is 1.68. The number of anilines is 1. The fraction of sp³-hybridized carbons (Fsp3) is 0.286. The molecule has 0 spiro atoms. The molecule has 0 fully saturated rings. The predicted molar refractivity (Wildman–Crippen MR) is 110 cm³/mol. The summed E-state index contributed by atoms with van der Waals surface area (Å²) in [6.45, 7) is 7.12. The number of carbonyl (C=O) groups is 1. The fourth-order valence-corrected chi connectivity index (χ4v) is 3.91. The van der Waals surface area contributed by atoms with E-state index in [-0.39, 0.29) is 16.8 Å². The molecule has 2 aromatic carbocycles. The van der Waals surface area contributed by atoms with Gasteiger partial charge in [-0.1, -0.05) is 34.9 Å². The molecule has 1 N–H and O–H groups in total. The van der Waals surface area contributed by atoms with Crippen LogP contribution in [-0.2, 0) is 16.3 Å². The van der Waals surface area contributed by atoms with Gasteiger partial charge in [-0.05, 0) is 57.0 Å². The number of nitrogens with one attached hydrogen (secondary N) is 1. The number of aromatic nitrogens is 2. The minimum Gasteiger partial charge on any atom is -0.407 e. The highest BCUT2D eigenvalue weighted by molar-refractivity contribution is 7.92. The lowest BCUT2D eigenvalue weighted by Gasteiger charge is -2.08. The first kappa shape index (κ1) is 20.7. The molecule has 0 radical (unpaired) electrons. The number of sulfone groups is 1. The predicted octanol–water partition coefficient (Wildman–Crippen LogP) is 3.71. The Morgan fingerprint density at radius 2 is 1.76 bits per heavy atom. The van der Waals surface area contributed by atoms with Crippen LogP contribution in [-0.4, -0.2) is 29.8 Å². The molecule has 1 amide bonds. The number of benzene rings is 2. The molecular weight excluding hydrogens is 390 g/mol. The van der Waals surface area contributed by atoms with Crippen LogP contribution in [0.4, 0.5) is 6.01 Å². The summed E-state index contributed by atoms with van der Waals surface area (Å²) in [6.07, 6.45) is 0.328. The lowest BCUT2D eigenvalue weighted by atomic mass is 10.1. The summed E-state index contributed by atoms with van der Waals surface area (Å²) in [5, 5.41) is 9.93. The van der Waals surface area contributed by atoms with Crippen molar-refractivity contribution in [3.63, 3.8) is 0 Å². The molecule has 29 heavy (non-hydrogen) atoms. The second-order valence-corrected chi connectivity index (χ2v) is 9.69. The highest BCUT2D eigenvalue weighted by Crippen LogP contribution is 2.19. The zero-order chi connectivity index (χ0) is 21.2. The minimum absolute atomic E-state index is 0.0176. The third-order valence-corrected chi connectivity index (χ3v) is 6.71. The van der Waals surface area contributed by atoms with Crippen molar-refractivity contribution in [1.82, 2.24) is 10.2 Å². The number of rotatable bonds is 6. The summed E-state index contributed by atoms with van der Waals surface area (Å²) in [4.78, 5) is 12.7. The van der Waals surface area contributed by atoms with Gasteiger partial charge >= 0.3 is 6.01 Å². The highest BCUT2D eigenvalue weighted by atomic mass is 32.2. The van der Waals surface area contributed by atoms with E-state index in [0.717, 1.165) is 16.7 Å². The molecule has 1 aromatic heterocycles. The minimum atomic E-state index is -3.31. The molecule has 0 saturated carbocycles. The summed E-state index contributed by atoms with van der Waals surface area (Å²) in [6, 6.07) is 12.1. The first-order valence-corrected chi connectivity index (χ1v) is 10.8. The van der Waals surface area contributed by atoms with E-state index in [1.807, 2.05) is 26.0 Å². The van der Waals surface area contributed by atoms with Crippen molar-refractivity contribution >= 4 is 21.8 Å². The molecule has 7 nitrogen and oxygen atoms in total. The van der Waals surface area contributed by atoms with Gasteiger partial charge in [-0.15, -0.1) is 5.10 Å². The van der Waals surface area contributed by atoms with Gasteiger partial charge in [0, 0.05) is 5.56 Å². The van der Waals surface area contributed by atoms with E-state index < -0.39 is 15.1 Å². The normalized spacial score (nSPS) is 11.6. The van der Waals surface area contributed by atoms with E-state index >= 15 is 0 Å². The standard InChI is InChI=1S/C21H23N3O4S/c1-13(2)29(26,27)17-8-6-16(7-9-17)12-19-23-24-21(28-19)22-20(25)18-10-5-14(3)11-15(18)4/h5-11,13H,12H2,1-4H3,(H,22,24,25). The number of hydrogen-bond donors (Lipinski definition) is 1. The number of carbonyl (C=O) groups excluding carboxylic acids is 1. The van der Waals surface area contributed by atoms with Gasteiger partial charge in [0.25, 0.3) is 5.91 Å². The summed E-state index contributed by atoms with van der Waals surface area (Å²) < 4.78 is 29.9. The Labute approximate surface area is 170 Å². The molecule has 0 atom stereocenters. The average Bonchev–Trinajstić information content (AvgIpc) is 3.08. The Kier molecular flexibility index (Phi) is 5.83. The maximum atomic E-state index is 12.4. The molecule has 8 heteroatoms. The van der Waals surface area contributed by atoms with E-state index in [1.165, 1.54) is 0 Å². The van der Waals surface area contributed by atoms with Gasteiger partial charge in [0.05, 0.1) is 16.6 Å². The Morgan fingerprint density at radius 3 is 2.38 bits per heavy atom. The lowest BCUT2D eigenvalue weighted by Crippen LogP contribution is -2.13. The van der Waals surface area contributed by atoms with Crippen molar-refractivity contribution < 1.29 is 17.6 Å². The lowest BCUT2D eigenvalue weighted by molar-refractivity contribution is 0.102. The maximum absolute atomic E-state index is 12.4. The van der Waals surface area contributed by atoms with Crippen LogP contribution in [0.25, 0.3) is 0 Å². The average molecular weight is 413 g/mol. The van der Waals surface area contributed by atoms with Crippen molar-refractivity contribution in [1.29, 1.82) is 0 Å². The Bertz CT molecular complexity index is 1130. The smallest absolute Gasteiger partial charge is 0.322 e. The SMILES string of the molecule is Cc1ccc(C(=O)Nc2nnc(Cc3ccc(S(=O)(=O)C(C)C)cc3)o2)c(C)c1. The van der Waals surface area contributed by atoms with Gasteiger partial charge < -0.3 is 4.42 Å². The van der Waals surface area contributed by atoms with Crippen LogP contribution in [0.2, 0.25) is 0 Å². The molecule has 3 rings (SSSR count). The summed E-state index contributed by atoms with van der Waals surface area (Å²) >= 11 is 0. The van der Waals surface area contributed by atoms with Crippen LogP contribution in [0, 0.1) is 13.8 Å². The van der Waals surface area contributed by atoms with Gasteiger partial charge in [0.1, 0.15) is 0 Å². The van der Waals surface area contributed by atoms with Crippen LogP contribution in [0.3, 0.4) is 0 Å². The van der Waals surface area contributed by atoms with Gasteiger partial charge in [-0.25, -0.2) is 8.42 Å². The molecule has 0 saturated heterocycles. The zero-order valence-corrected chi connectivity index (χ0v) is 17.6. The summed E-state index contributed by atoms with van der Waals surface area (Å²) in [5.41, 5.74) is 3.30. The van der Waals surface area contributed by atoms with E-state index in [2.05, 4.69) is 15.5 Å². The van der Waals surface area contributed by atoms with E-state index in [0.29, 0.717) is 17.9 Å². The first-order chi connectivity index (χ1) is 13.7. The van der Waals surface area contributed by atoms with Crippen LogP contribution in [0.5, 0.6) is 0 Å². The largest absolute Gasteiger partial charge is 0.407 e. The van der Waals surface area contributed by atoms with Gasteiger partial charge in [-0.2, -0.15) is 0 Å². The highest BCUT2D eigenvalue weighted by Gasteiger charge is 2.19.